The topological polar surface area (TPSA) is 97.1 Å². The molecule has 0 saturated carbocycles. The van der Waals surface area contributed by atoms with Crippen LogP contribution in [0, 0.1) is 12.7 Å². The summed E-state index contributed by atoms with van der Waals surface area (Å²) < 4.78 is 14.5. The summed E-state index contributed by atoms with van der Waals surface area (Å²) in [6.45, 7) is 3.97. The van der Waals surface area contributed by atoms with Crippen molar-refractivity contribution in [3.63, 3.8) is 0 Å². The van der Waals surface area contributed by atoms with Crippen molar-refractivity contribution < 1.29 is 19.1 Å². The molecule has 0 spiro atoms. The van der Waals surface area contributed by atoms with Gasteiger partial charge in [-0.3, -0.25) is 4.79 Å². The summed E-state index contributed by atoms with van der Waals surface area (Å²) in [5, 5.41) is 19.5. The fourth-order valence-corrected chi connectivity index (χ4v) is 2.38. The molecular formula is C17H21FN4O3. The molecule has 8 heteroatoms. The predicted octanol–water partition coefficient (Wildman–Crippen LogP) is 2.15. The normalized spacial score (nSPS) is 12.0. The number of rotatable bonds is 8. The van der Waals surface area contributed by atoms with Crippen molar-refractivity contribution >= 4 is 11.9 Å². The number of carbonyl (C=O) groups excluding carboxylic acids is 1. The van der Waals surface area contributed by atoms with E-state index < -0.39 is 17.9 Å². The zero-order valence-corrected chi connectivity index (χ0v) is 14.2. The van der Waals surface area contributed by atoms with E-state index in [-0.39, 0.29) is 11.5 Å². The van der Waals surface area contributed by atoms with E-state index in [1.165, 1.54) is 16.8 Å². The molecule has 7 nitrogen and oxygen atoms in total. The lowest BCUT2D eigenvalue weighted by molar-refractivity contribution is -0.139. The average molecular weight is 348 g/mol. The average Bonchev–Trinajstić information content (AvgIpc) is 2.94. The van der Waals surface area contributed by atoms with Gasteiger partial charge in [0.1, 0.15) is 11.9 Å². The third kappa shape index (κ3) is 4.85. The molecule has 1 amide bonds. The minimum atomic E-state index is -1.07. The second kappa shape index (κ2) is 8.36. The van der Waals surface area contributed by atoms with Crippen LogP contribution in [-0.4, -0.2) is 38.0 Å². The van der Waals surface area contributed by atoms with Crippen LogP contribution in [0.3, 0.4) is 0 Å². The highest BCUT2D eigenvalue weighted by atomic mass is 19.1. The Kier molecular flexibility index (Phi) is 6.21. The van der Waals surface area contributed by atoms with E-state index in [0.717, 1.165) is 12.0 Å². The van der Waals surface area contributed by atoms with Crippen LogP contribution in [0.5, 0.6) is 0 Å². The van der Waals surface area contributed by atoms with Crippen LogP contribution in [0.25, 0.3) is 0 Å². The number of aliphatic carboxylic acids is 1. The third-order valence-corrected chi connectivity index (χ3v) is 3.89. The van der Waals surface area contributed by atoms with E-state index in [0.29, 0.717) is 25.1 Å². The van der Waals surface area contributed by atoms with Gasteiger partial charge in [-0.1, -0.05) is 37.1 Å². The van der Waals surface area contributed by atoms with E-state index in [1.54, 1.807) is 19.1 Å². The highest BCUT2D eigenvalue weighted by Crippen LogP contribution is 2.10. The number of nitrogens with zero attached hydrogens (tertiary/aromatic N) is 3. The monoisotopic (exact) mass is 348 g/mol. The van der Waals surface area contributed by atoms with Crippen molar-refractivity contribution in [2.75, 3.05) is 0 Å². The SMILES string of the molecule is CCCC[C@H](NC(=O)c1nnn(Cc2ccc(F)cc2)c1C)C(=O)O. The lowest BCUT2D eigenvalue weighted by atomic mass is 10.1. The minimum absolute atomic E-state index is 0.0878. The van der Waals surface area contributed by atoms with Gasteiger partial charge in [-0.2, -0.15) is 0 Å². The van der Waals surface area contributed by atoms with Gasteiger partial charge in [0.15, 0.2) is 5.69 Å². The summed E-state index contributed by atoms with van der Waals surface area (Å²) in [7, 11) is 0. The number of amides is 1. The van der Waals surface area contributed by atoms with E-state index in [1.807, 2.05) is 6.92 Å². The summed E-state index contributed by atoms with van der Waals surface area (Å²) in [6.07, 6.45) is 1.90. The maximum atomic E-state index is 13.0. The molecule has 1 aromatic heterocycles. The molecule has 1 atom stereocenters. The van der Waals surface area contributed by atoms with Crippen molar-refractivity contribution in [1.82, 2.24) is 20.3 Å². The number of hydrogen-bond acceptors (Lipinski definition) is 4. The summed E-state index contributed by atoms with van der Waals surface area (Å²) in [5.74, 6) is -1.96. The second-order valence-electron chi connectivity index (χ2n) is 5.81. The molecule has 0 aliphatic heterocycles. The fourth-order valence-electron chi connectivity index (χ4n) is 2.38. The van der Waals surface area contributed by atoms with Gasteiger partial charge >= 0.3 is 5.97 Å². The molecule has 0 aliphatic rings. The van der Waals surface area contributed by atoms with E-state index >= 15 is 0 Å². The molecule has 0 radical (unpaired) electrons. The number of nitrogens with one attached hydrogen (secondary N) is 1. The molecule has 2 N–H and O–H groups in total. The maximum absolute atomic E-state index is 13.0. The van der Waals surface area contributed by atoms with Gasteiger partial charge in [-0.15, -0.1) is 5.10 Å². The number of halogens is 1. The Morgan fingerprint density at radius 1 is 1.32 bits per heavy atom. The van der Waals surface area contributed by atoms with Gasteiger partial charge in [0.25, 0.3) is 5.91 Å². The highest BCUT2D eigenvalue weighted by molar-refractivity contribution is 5.95. The molecule has 1 aromatic carbocycles. The largest absolute Gasteiger partial charge is 0.480 e. The number of aromatic nitrogens is 3. The summed E-state index contributed by atoms with van der Waals surface area (Å²) in [6, 6.07) is 5.00. The van der Waals surface area contributed by atoms with Gasteiger partial charge in [0, 0.05) is 0 Å². The number of hydrogen-bond donors (Lipinski definition) is 2. The van der Waals surface area contributed by atoms with Crippen molar-refractivity contribution in [3.8, 4) is 0 Å². The summed E-state index contributed by atoms with van der Waals surface area (Å²) in [4.78, 5) is 23.6. The predicted molar refractivity (Wildman–Crippen MR) is 88.7 cm³/mol. The van der Waals surface area contributed by atoms with Gasteiger partial charge in [-0.05, 0) is 31.0 Å². The fraction of sp³-hybridized carbons (Fsp3) is 0.412. The van der Waals surface area contributed by atoms with Crippen molar-refractivity contribution in [1.29, 1.82) is 0 Å². The van der Waals surface area contributed by atoms with Crippen LogP contribution in [0.4, 0.5) is 4.39 Å². The molecule has 2 rings (SSSR count). The minimum Gasteiger partial charge on any atom is -0.480 e. The van der Waals surface area contributed by atoms with Crippen LogP contribution < -0.4 is 5.32 Å². The molecule has 1 heterocycles. The van der Waals surface area contributed by atoms with Crippen LogP contribution in [0.1, 0.15) is 47.9 Å². The van der Waals surface area contributed by atoms with E-state index in [9.17, 15) is 19.1 Å². The van der Waals surface area contributed by atoms with Gasteiger partial charge < -0.3 is 10.4 Å². The van der Waals surface area contributed by atoms with E-state index in [2.05, 4.69) is 15.6 Å². The first-order valence-electron chi connectivity index (χ1n) is 8.10. The van der Waals surface area contributed by atoms with Crippen LogP contribution in [-0.2, 0) is 11.3 Å². The summed E-state index contributed by atoms with van der Waals surface area (Å²) >= 11 is 0. The first-order chi connectivity index (χ1) is 11.9. The van der Waals surface area contributed by atoms with Crippen LogP contribution in [0.2, 0.25) is 0 Å². The lowest BCUT2D eigenvalue weighted by Gasteiger charge is -2.13. The Labute approximate surface area is 144 Å². The molecule has 2 aromatic rings. The van der Waals surface area contributed by atoms with Gasteiger partial charge in [0.05, 0.1) is 12.2 Å². The first-order valence-corrected chi connectivity index (χ1v) is 8.10. The van der Waals surface area contributed by atoms with E-state index in [4.69, 9.17) is 0 Å². The number of unbranched alkanes of at least 4 members (excludes halogenated alkanes) is 1. The number of carboxylic acids is 1. The van der Waals surface area contributed by atoms with Gasteiger partial charge in [-0.25, -0.2) is 13.9 Å². The Morgan fingerprint density at radius 2 is 2.00 bits per heavy atom. The van der Waals surface area contributed by atoms with Crippen LogP contribution in [0.15, 0.2) is 24.3 Å². The number of benzene rings is 1. The molecule has 0 bridgehead atoms. The Morgan fingerprint density at radius 3 is 2.60 bits per heavy atom. The third-order valence-electron chi connectivity index (χ3n) is 3.89. The maximum Gasteiger partial charge on any atom is 0.326 e. The molecule has 0 unspecified atom stereocenters. The molecule has 134 valence electrons. The molecular weight excluding hydrogens is 327 g/mol. The molecule has 0 aliphatic carbocycles. The molecule has 25 heavy (non-hydrogen) atoms. The first kappa shape index (κ1) is 18.6. The Hall–Kier alpha value is -2.77. The van der Waals surface area contributed by atoms with Crippen LogP contribution >= 0.6 is 0 Å². The quantitative estimate of drug-likeness (QED) is 0.762. The highest BCUT2D eigenvalue weighted by Gasteiger charge is 2.23. The summed E-state index contributed by atoms with van der Waals surface area (Å²) in [5.41, 5.74) is 1.42. The lowest BCUT2D eigenvalue weighted by Crippen LogP contribution is -2.41. The number of carboxylic acid groups (broad SMARTS) is 1. The molecule has 0 saturated heterocycles. The van der Waals surface area contributed by atoms with Crippen molar-refractivity contribution in [2.24, 2.45) is 0 Å². The van der Waals surface area contributed by atoms with Crippen molar-refractivity contribution in [3.05, 3.63) is 47.0 Å². The zero-order valence-electron chi connectivity index (χ0n) is 14.2. The van der Waals surface area contributed by atoms with Crippen molar-refractivity contribution in [2.45, 2.75) is 45.7 Å². The Balaban J connectivity index is 2.09. The Bertz CT molecular complexity index is 743. The standard InChI is InChI=1S/C17H21FN4O3/c1-3-4-5-14(17(24)25)19-16(23)15-11(2)22(21-20-15)10-12-6-8-13(18)9-7-12/h6-9,14H,3-5,10H2,1-2H3,(H,19,23)(H,24,25)/t14-/m0/s1. The zero-order chi connectivity index (χ0) is 18.4. The number of carbonyl (C=O) groups is 2. The molecule has 0 fully saturated rings. The van der Waals surface area contributed by atoms with Gasteiger partial charge in [0.2, 0.25) is 0 Å². The second-order valence-corrected chi connectivity index (χ2v) is 5.81. The smallest absolute Gasteiger partial charge is 0.326 e.